The summed E-state index contributed by atoms with van der Waals surface area (Å²) >= 11 is 0. The summed E-state index contributed by atoms with van der Waals surface area (Å²) in [6.07, 6.45) is 3.44. The average Bonchev–Trinajstić information content (AvgIpc) is 2.54. The second-order valence-corrected chi connectivity index (χ2v) is 4.84. The highest BCUT2D eigenvalue weighted by Crippen LogP contribution is 2.07. The fourth-order valence-corrected chi connectivity index (χ4v) is 1.88. The van der Waals surface area contributed by atoms with Crippen molar-refractivity contribution in [2.24, 2.45) is 0 Å². The van der Waals surface area contributed by atoms with Gasteiger partial charge >= 0.3 is 0 Å². The molecule has 0 aliphatic carbocycles. The summed E-state index contributed by atoms with van der Waals surface area (Å²) in [5, 5.41) is 5.79. The van der Waals surface area contributed by atoms with Crippen LogP contribution in [0.15, 0.2) is 36.7 Å². The number of halogens is 1. The molecule has 116 valence electrons. The minimum Gasteiger partial charge on any atom is -0.370 e. The Morgan fingerprint density at radius 3 is 2.86 bits per heavy atom. The van der Waals surface area contributed by atoms with Crippen LogP contribution in [0.2, 0.25) is 0 Å². The first-order valence-corrected chi connectivity index (χ1v) is 7.28. The molecule has 1 amide bonds. The number of nitrogens with zero attached hydrogens (tertiary/aromatic N) is 2. The van der Waals surface area contributed by atoms with Gasteiger partial charge in [0.2, 0.25) is 0 Å². The Morgan fingerprint density at radius 1 is 1.27 bits per heavy atom. The highest BCUT2D eigenvalue weighted by Gasteiger charge is 2.09. The molecule has 6 heteroatoms. The molecule has 0 aliphatic rings. The molecular weight excluding hydrogens is 283 g/mol. The van der Waals surface area contributed by atoms with Gasteiger partial charge in [-0.2, -0.15) is 0 Å². The van der Waals surface area contributed by atoms with Crippen molar-refractivity contribution >= 4 is 11.7 Å². The van der Waals surface area contributed by atoms with Crippen LogP contribution in [0.1, 0.15) is 35.8 Å². The first-order chi connectivity index (χ1) is 10.7. The predicted molar refractivity (Wildman–Crippen MR) is 83.0 cm³/mol. The number of hydrogen-bond acceptors (Lipinski definition) is 4. The summed E-state index contributed by atoms with van der Waals surface area (Å²) in [6.45, 7) is 3.02. The fraction of sp³-hybridized carbons (Fsp3) is 0.312. The van der Waals surface area contributed by atoms with E-state index in [1.165, 1.54) is 12.4 Å². The van der Waals surface area contributed by atoms with Gasteiger partial charge in [0.05, 0.1) is 0 Å². The summed E-state index contributed by atoms with van der Waals surface area (Å²) in [4.78, 5) is 20.1. The third kappa shape index (κ3) is 4.51. The van der Waals surface area contributed by atoms with E-state index in [4.69, 9.17) is 0 Å². The van der Waals surface area contributed by atoms with E-state index < -0.39 is 0 Å². The zero-order chi connectivity index (χ0) is 15.8. The summed E-state index contributed by atoms with van der Waals surface area (Å²) in [5.74, 6) is -0.0869. The van der Waals surface area contributed by atoms with Crippen molar-refractivity contribution in [1.82, 2.24) is 15.3 Å². The molecule has 0 saturated carbocycles. The van der Waals surface area contributed by atoms with Gasteiger partial charge in [-0.15, -0.1) is 0 Å². The highest BCUT2D eigenvalue weighted by atomic mass is 19.1. The number of amides is 1. The van der Waals surface area contributed by atoms with E-state index in [2.05, 4.69) is 27.5 Å². The topological polar surface area (TPSA) is 66.9 Å². The Kier molecular flexibility index (Phi) is 5.82. The van der Waals surface area contributed by atoms with Gasteiger partial charge in [-0.25, -0.2) is 14.4 Å². The summed E-state index contributed by atoms with van der Waals surface area (Å²) in [6, 6.07) is 7.92. The lowest BCUT2D eigenvalue weighted by Crippen LogP contribution is -2.24. The van der Waals surface area contributed by atoms with E-state index >= 15 is 0 Å². The molecule has 0 radical (unpaired) electrons. The Balaban J connectivity index is 1.95. The number of carbonyl (C=O) groups excluding carboxylic acids is 1. The maximum Gasteiger partial charge on any atom is 0.270 e. The first-order valence-electron chi connectivity index (χ1n) is 7.28. The maximum absolute atomic E-state index is 13.5. The number of aromatic nitrogens is 2. The van der Waals surface area contributed by atoms with Crippen LogP contribution < -0.4 is 10.6 Å². The number of benzene rings is 1. The minimum absolute atomic E-state index is 0.119. The first kappa shape index (κ1) is 15.9. The Bertz CT molecular complexity index is 633. The van der Waals surface area contributed by atoms with Crippen LogP contribution in [0.25, 0.3) is 0 Å². The second-order valence-electron chi connectivity index (χ2n) is 4.84. The summed E-state index contributed by atoms with van der Waals surface area (Å²) in [7, 11) is 0. The molecule has 1 heterocycles. The number of carbonyl (C=O) groups is 1. The fourth-order valence-electron chi connectivity index (χ4n) is 1.88. The summed E-state index contributed by atoms with van der Waals surface area (Å²) < 4.78 is 13.5. The quantitative estimate of drug-likeness (QED) is 0.772. The van der Waals surface area contributed by atoms with Crippen LogP contribution >= 0.6 is 0 Å². The monoisotopic (exact) mass is 302 g/mol. The van der Waals surface area contributed by atoms with Crippen molar-refractivity contribution in [2.75, 3.05) is 11.9 Å². The van der Waals surface area contributed by atoms with E-state index in [-0.39, 0.29) is 24.0 Å². The molecule has 22 heavy (non-hydrogen) atoms. The predicted octanol–water partition coefficient (Wildman–Crippen LogP) is 2.76. The Morgan fingerprint density at radius 2 is 2.09 bits per heavy atom. The Hall–Kier alpha value is -2.50. The van der Waals surface area contributed by atoms with Crippen molar-refractivity contribution < 1.29 is 9.18 Å². The lowest BCUT2D eigenvalue weighted by molar-refractivity contribution is 0.0945. The lowest BCUT2D eigenvalue weighted by atomic mass is 10.2. The van der Waals surface area contributed by atoms with Gasteiger partial charge in [0.1, 0.15) is 23.7 Å². The van der Waals surface area contributed by atoms with E-state index in [0.29, 0.717) is 11.4 Å². The van der Waals surface area contributed by atoms with Crippen molar-refractivity contribution in [2.45, 2.75) is 26.3 Å². The molecule has 0 spiro atoms. The van der Waals surface area contributed by atoms with Crippen LogP contribution in [-0.2, 0) is 6.54 Å². The van der Waals surface area contributed by atoms with Gasteiger partial charge in [-0.3, -0.25) is 4.79 Å². The molecule has 0 bridgehead atoms. The normalized spacial score (nSPS) is 10.3. The highest BCUT2D eigenvalue weighted by molar-refractivity contribution is 5.92. The molecule has 2 rings (SSSR count). The van der Waals surface area contributed by atoms with Gasteiger partial charge in [-0.1, -0.05) is 31.5 Å². The zero-order valence-corrected chi connectivity index (χ0v) is 12.5. The van der Waals surface area contributed by atoms with Gasteiger partial charge in [0.25, 0.3) is 5.91 Å². The largest absolute Gasteiger partial charge is 0.370 e. The SMILES string of the molecule is CCCCNc1cc(C(=O)NCc2ccccc2F)ncn1. The number of unbranched alkanes of at least 4 members (excludes halogenated alkanes) is 1. The van der Waals surface area contributed by atoms with Crippen molar-refractivity contribution in [3.8, 4) is 0 Å². The number of rotatable bonds is 7. The molecular formula is C16H19FN4O. The third-order valence-electron chi connectivity index (χ3n) is 3.13. The lowest BCUT2D eigenvalue weighted by Gasteiger charge is -2.08. The van der Waals surface area contributed by atoms with E-state index in [1.807, 2.05) is 0 Å². The molecule has 0 aliphatic heterocycles. The molecule has 0 atom stereocenters. The molecule has 2 N–H and O–H groups in total. The third-order valence-corrected chi connectivity index (χ3v) is 3.13. The van der Waals surface area contributed by atoms with E-state index in [1.54, 1.807) is 24.3 Å². The van der Waals surface area contributed by atoms with Crippen molar-refractivity contribution in [1.29, 1.82) is 0 Å². The van der Waals surface area contributed by atoms with Crippen LogP contribution in [0, 0.1) is 5.82 Å². The molecule has 0 saturated heterocycles. The van der Waals surface area contributed by atoms with Gasteiger partial charge < -0.3 is 10.6 Å². The molecule has 1 aromatic heterocycles. The molecule has 0 fully saturated rings. The van der Waals surface area contributed by atoms with Crippen LogP contribution in [0.4, 0.5) is 10.2 Å². The van der Waals surface area contributed by atoms with Gasteiger partial charge in [-0.05, 0) is 12.5 Å². The van der Waals surface area contributed by atoms with Crippen LogP contribution in [-0.4, -0.2) is 22.4 Å². The Labute approximate surface area is 129 Å². The van der Waals surface area contributed by atoms with Crippen molar-refractivity contribution in [3.63, 3.8) is 0 Å². The van der Waals surface area contributed by atoms with Crippen molar-refractivity contribution in [3.05, 3.63) is 53.7 Å². The van der Waals surface area contributed by atoms with E-state index in [9.17, 15) is 9.18 Å². The zero-order valence-electron chi connectivity index (χ0n) is 12.5. The minimum atomic E-state index is -0.357. The number of nitrogens with one attached hydrogen (secondary N) is 2. The molecule has 1 aromatic carbocycles. The average molecular weight is 302 g/mol. The number of anilines is 1. The maximum atomic E-state index is 13.5. The number of hydrogen-bond donors (Lipinski definition) is 2. The van der Waals surface area contributed by atoms with Crippen LogP contribution in [0.5, 0.6) is 0 Å². The molecule has 0 unspecified atom stereocenters. The van der Waals surface area contributed by atoms with Gasteiger partial charge in [0.15, 0.2) is 0 Å². The smallest absolute Gasteiger partial charge is 0.270 e. The molecule has 5 nitrogen and oxygen atoms in total. The van der Waals surface area contributed by atoms with Gasteiger partial charge in [0, 0.05) is 24.7 Å². The molecule has 2 aromatic rings. The van der Waals surface area contributed by atoms with Crippen LogP contribution in [0.3, 0.4) is 0 Å². The second kappa shape index (κ2) is 8.07. The van der Waals surface area contributed by atoms with E-state index in [0.717, 1.165) is 19.4 Å². The standard InChI is InChI=1S/C16H19FN4O/c1-2-3-8-18-15-9-14(20-11-21-15)16(22)19-10-12-6-4-5-7-13(12)17/h4-7,9,11H,2-3,8,10H2,1H3,(H,19,22)(H,18,20,21). The summed E-state index contributed by atoms with van der Waals surface area (Å²) in [5.41, 5.74) is 0.691.